The van der Waals surface area contributed by atoms with Crippen molar-refractivity contribution in [2.45, 2.75) is 46.6 Å². The standard InChI is InChI=1S/C13H19N5O3/c1-5-9-14-15-10(21-9)7-18-12(8(3)4)11(16-17-18)13(19)20-6-2/h8H,5-7H2,1-4H3. The number of hydrogen-bond acceptors (Lipinski definition) is 7. The van der Waals surface area contributed by atoms with Gasteiger partial charge in [-0.25, -0.2) is 9.48 Å². The van der Waals surface area contributed by atoms with E-state index in [1.807, 2.05) is 20.8 Å². The zero-order chi connectivity index (χ0) is 15.4. The average Bonchev–Trinajstić information content (AvgIpc) is 3.06. The van der Waals surface area contributed by atoms with Gasteiger partial charge in [0.05, 0.1) is 12.3 Å². The first-order valence-corrected chi connectivity index (χ1v) is 6.98. The van der Waals surface area contributed by atoms with Crippen molar-refractivity contribution in [2.24, 2.45) is 0 Å². The number of nitrogens with zero attached hydrogens (tertiary/aromatic N) is 5. The maximum absolute atomic E-state index is 11.9. The molecule has 2 heterocycles. The van der Waals surface area contributed by atoms with E-state index in [4.69, 9.17) is 9.15 Å². The molecule has 0 saturated carbocycles. The fraction of sp³-hybridized carbons (Fsp3) is 0.615. The summed E-state index contributed by atoms with van der Waals surface area (Å²) >= 11 is 0. The fourth-order valence-corrected chi connectivity index (χ4v) is 1.98. The van der Waals surface area contributed by atoms with Gasteiger partial charge in [0, 0.05) is 6.42 Å². The van der Waals surface area contributed by atoms with Crippen molar-refractivity contribution >= 4 is 5.97 Å². The van der Waals surface area contributed by atoms with Crippen LogP contribution in [0.2, 0.25) is 0 Å². The molecule has 0 saturated heterocycles. The molecule has 0 spiro atoms. The summed E-state index contributed by atoms with van der Waals surface area (Å²) in [7, 11) is 0. The molecule has 0 N–H and O–H groups in total. The predicted octanol–water partition coefficient (Wildman–Crippen LogP) is 1.57. The Kier molecular flexibility index (Phi) is 4.66. The largest absolute Gasteiger partial charge is 0.461 e. The highest BCUT2D eigenvalue weighted by atomic mass is 16.5. The van der Waals surface area contributed by atoms with E-state index in [-0.39, 0.29) is 18.2 Å². The van der Waals surface area contributed by atoms with Gasteiger partial charge in [-0.15, -0.1) is 15.3 Å². The summed E-state index contributed by atoms with van der Waals surface area (Å²) in [6, 6.07) is 0. The maximum atomic E-state index is 11.9. The second kappa shape index (κ2) is 6.47. The van der Waals surface area contributed by atoms with Crippen LogP contribution in [0.5, 0.6) is 0 Å². The van der Waals surface area contributed by atoms with Gasteiger partial charge in [0.25, 0.3) is 0 Å². The lowest BCUT2D eigenvalue weighted by Crippen LogP contribution is -2.13. The molecule has 114 valence electrons. The first-order valence-electron chi connectivity index (χ1n) is 6.98. The normalized spacial score (nSPS) is 11.1. The van der Waals surface area contributed by atoms with E-state index in [1.54, 1.807) is 11.6 Å². The smallest absolute Gasteiger partial charge is 0.360 e. The third-order valence-electron chi connectivity index (χ3n) is 2.89. The Balaban J connectivity index is 2.29. The highest BCUT2D eigenvalue weighted by Gasteiger charge is 2.24. The number of aryl methyl sites for hydroxylation is 1. The van der Waals surface area contributed by atoms with Crippen LogP contribution >= 0.6 is 0 Å². The van der Waals surface area contributed by atoms with Crippen LogP contribution < -0.4 is 0 Å². The summed E-state index contributed by atoms with van der Waals surface area (Å²) in [5.41, 5.74) is 0.937. The zero-order valence-electron chi connectivity index (χ0n) is 12.7. The molecule has 8 heteroatoms. The summed E-state index contributed by atoms with van der Waals surface area (Å²) in [5, 5.41) is 15.8. The van der Waals surface area contributed by atoms with E-state index < -0.39 is 5.97 Å². The summed E-state index contributed by atoms with van der Waals surface area (Å²) < 4.78 is 12.1. The second-order valence-corrected chi connectivity index (χ2v) is 4.80. The monoisotopic (exact) mass is 293 g/mol. The van der Waals surface area contributed by atoms with Crippen LogP contribution in [-0.4, -0.2) is 37.8 Å². The Bertz CT molecular complexity index is 617. The Hall–Kier alpha value is -2.25. The van der Waals surface area contributed by atoms with E-state index in [0.717, 1.165) is 0 Å². The first-order chi connectivity index (χ1) is 10.1. The van der Waals surface area contributed by atoms with Gasteiger partial charge in [0.1, 0.15) is 6.54 Å². The van der Waals surface area contributed by atoms with E-state index >= 15 is 0 Å². The van der Waals surface area contributed by atoms with E-state index in [9.17, 15) is 4.79 Å². The lowest BCUT2D eigenvalue weighted by molar-refractivity contribution is 0.0517. The van der Waals surface area contributed by atoms with Crippen molar-refractivity contribution < 1.29 is 13.9 Å². The van der Waals surface area contributed by atoms with Crippen LogP contribution in [0.4, 0.5) is 0 Å². The summed E-state index contributed by atoms with van der Waals surface area (Å²) in [4.78, 5) is 11.9. The third kappa shape index (κ3) is 3.26. The molecular formula is C13H19N5O3. The molecule has 0 bridgehead atoms. The quantitative estimate of drug-likeness (QED) is 0.746. The summed E-state index contributed by atoms with van der Waals surface area (Å²) in [5.74, 6) is 0.607. The first kappa shape index (κ1) is 15.1. The molecule has 0 fully saturated rings. The SMILES string of the molecule is CCOC(=O)c1nnn(Cc2nnc(CC)o2)c1C(C)C. The lowest BCUT2D eigenvalue weighted by atomic mass is 10.1. The minimum atomic E-state index is -0.466. The van der Waals surface area contributed by atoms with Crippen molar-refractivity contribution in [1.29, 1.82) is 0 Å². The van der Waals surface area contributed by atoms with Crippen molar-refractivity contribution in [3.8, 4) is 0 Å². The minimum Gasteiger partial charge on any atom is -0.461 e. The van der Waals surface area contributed by atoms with Crippen molar-refractivity contribution in [2.75, 3.05) is 6.61 Å². The number of carbonyl (C=O) groups is 1. The number of hydrogen-bond donors (Lipinski definition) is 0. The van der Waals surface area contributed by atoms with Crippen molar-refractivity contribution in [3.05, 3.63) is 23.2 Å². The molecule has 0 atom stereocenters. The molecule has 0 aliphatic carbocycles. The number of rotatable bonds is 6. The second-order valence-electron chi connectivity index (χ2n) is 4.80. The number of ether oxygens (including phenoxy) is 1. The summed E-state index contributed by atoms with van der Waals surface area (Å²) in [6.07, 6.45) is 0.676. The number of esters is 1. The average molecular weight is 293 g/mol. The van der Waals surface area contributed by atoms with Crippen molar-refractivity contribution in [3.63, 3.8) is 0 Å². The van der Waals surface area contributed by atoms with Gasteiger partial charge < -0.3 is 9.15 Å². The Morgan fingerprint density at radius 1 is 1.24 bits per heavy atom. The van der Waals surface area contributed by atoms with Gasteiger partial charge in [-0.05, 0) is 12.8 Å². The molecule has 0 aliphatic heterocycles. The van der Waals surface area contributed by atoms with Gasteiger partial charge in [-0.2, -0.15) is 0 Å². The third-order valence-corrected chi connectivity index (χ3v) is 2.89. The molecule has 0 unspecified atom stereocenters. The fourth-order valence-electron chi connectivity index (χ4n) is 1.98. The molecule has 2 aromatic rings. The minimum absolute atomic E-state index is 0.0629. The topological polar surface area (TPSA) is 95.9 Å². The highest BCUT2D eigenvalue weighted by molar-refractivity contribution is 5.88. The molecule has 0 radical (unpaired) electrons. The molecular weight excluding hydrogens is 274 g/mol. The molecule has 8 nitrogen and oxygen atoms in total. The number of aromatic nitrogens is 5. The van der Waals surface area contributed by atoms with Gasteiger partial charge in [0.2, 0.25) is 11.8 Å². The van der Waals surface area contributed by atoms with Crippen LogP contribution in [0.1, 0.15) is 61.6 Å². The Morgan fingerprint density at radius 2 is 1.95 bits per heavy atom. The van der Waals surface area contributed by atoms with Crippen LogP contribution in [0.15, 0.2) is 4.42 Å². The van der Waals surface area contributed by atoms with Gasteiger partial charge in [0.15, 0.2) is 5.69 Å². The zero-order valence-corrected chi connectivity index (χ0v) is 12.7. The van der Waals surface area contributed by atoms with E-state index in [1.165, 1.54) is 0 Å². The van der Waals surface area contributed by atoms with Crippen molar-refractivity contribution in [1.82, 2.24) is 25.2 Å². The van der Waals surface area contributed by atoms with Crippen LogP contribution in [0, 0.1) is 0 Å². The molecule has 2 aromatic heterocycles. The molecule has 21 heavy (non-hydrogen) atoms. The molecule has 0 aliphatic rings. The maximum Gasteiger partial charge on any atom is 0.360 e. The Morgan fingerprint density at radius 3 is 2.52 bits per heavy atom. The highest BCUT2D eigenvalue weighted by Crippen LogP contribution is 2.19. The molecule has 0 aromatic carbocycles. The lowest BCUT2D eigenvalue weighted by Gasteiger charge is -2.09. The summed E-state index contributed by atoms with van der Waals surface area (Å²) in [6.45, 7) is 8.19. The van der Waals surface area contributed by atoms with Crippen LogP contribution in [0.3, 0.4) is 0 Å². The molecule has 0 amide bonds. The van der Waals surface area contributed by atoms with Gasteiger partial charge in [-0.1, -0.05) is 26.0 Å². The Labute approximate surface area is 122 Å². The van der Waals surface area contributed by atoms with E-state index in [2.05, 4.69) is 20.5 Å². The number of carbonyl (C=O) groups excluding carboxylic acids is 1. The predicted molar refractivity (Wildman–Crippen MR) is 72.8 cm³/mol. The van der Waals surface area contributed by atoms with E-state index in [0.29, 0.717) is 30.5 Å². The van der Waals surface area contributed by atoms with Crippen LogP contribution in [0.25, 0.3) is 0 Å². The van der Waals surface area contributed by atoms with Gasteiger partial charge >= 0.3 is 5.97 Å². The van der Waals surface area contributed by atoms with Crippen LogP contribution in [-0.2, 0) is 17.7 Å². The molecule has 2 rings (SSSR count). The van der Waals surface area contributed by atoms with Gasteiger partial charge in [-0.3, -0.25) is 0 Å².